The second-order valence-electron chi connectivity index (χ2n) is 3.51. The van der Waals surface area contributed by atoms with Crippen LogP contribution in [0.5, 0.6) is 0 Å². The van der Waals surface area contributed by atoms with Gasteiger partial charge in [-0.2, -0.15) is 0 Å². The van der Waals surface area contributed by atoms with E-state index in [0.717, 1.165) is 23.3 Å². The first kappa shape index (κ1) is 11.6. The minimum absolute atomic E-state index is 0.138. The van der Waals surface area contributed by atoms with Crippen molar-refractivity contribution in [3.8, 4) is 0 Å². The second-order valence-corrected chi connectivity index (χ2v) is 3.51. The van der Waals surface area contributed by atoms with Gasteiger partial charge in [0.25, 0.3) is 0 Å². The lowest BCUT2D eigenvalue weighted by atomic mass is 10.0. The van der Waals surface area contributed by atoms with E-state index in [2.05, 4.69) is 18.0 Å². The molecule has 0 unspecified atom stereocenters. The van der Waals surface area contributed by atoms with Gasteiger partial charge in [-0.25, -0.2) is 0 Å². The monoisotopic (exact) mass is 203 g/mol. The molecule has 2 nitrogen and oxygen atoms in total. The van der Waals surface area contributed by atoms with E-state index in [1.165, 1.54) is 0 Å². The lowest BCUT2D eigenvalue weighted by Gasteiger charge is -2.01. The fourth-order valence-electron chi connectivity index (χ4n) is 1.55. The highest BCUT2D eigenvalue weighted by atomic mass is 16.1. The minimum atomic E-state index is 0.138. The van der Waals surface area contributed by atoms with E-state index < -0.39 is 0 Å². The van der Waals surface area contributed by atoms with Crippen molar-refractivity contribution < 1.29 is 4.79 Å². The van der Waals surface area contributed by atoms with Crippen LogP contribution in [0.2, 0.25) is 0 Å². The van der Waals surface area contributed by atoms with E-state index in [0.29, 0.717) is 6.42 Å². The number of Topliss-reactive ketones (excluding diaryl/α,β-unsaturated/α-hetero) is 1. The molecule has 0 aromatic carbocycles. The van der Waals surface area contributed by atoms with Gasteiger partial charge in [-0.05, 0) is 43.1 Å². The molecule has 2 heteroatoms. The van der Waals surface area contributed by atoms with Gasteiger partial charge in [0.2, 0.25) is 0 Å². The molecule has 0 amide bonds. The smallest absolute Gasteiger partial charge is 0.156 e. The molecule has 0 aliphatic heterocycles. The van der Waals surface area contributed by atoms with Crippen LogP contribution in [0.4, 0.5) is 0 Å². The Hall–Kier alpha value is -1.44. The summed E-state index contributed by atoms with van der Waals surface area (Å²) in [7, 11) is 1.77. The van der Waals surface area contributed by atoms with E-state index in [1.807, 2.05) is 18.2 Å². The van der Waals surface area contributed by atoms with Crippen LogP contribution in [-0.2, 0) is 4.79 Å². The van der Waals surface area contributed by atoms with E-state index in [1.54, 1.807) is 14.0 Å². The van der Waals surface area contributed by atoms with Crippen LogP contribution in [0.1, 0.15) is 26.7 Å². The van der Waals surface area contributed by atoms with Crippen LogP contribution in [0.3, 0.4) is 0 Å². The minimum Gasteiger partial charge on any atom is -0.295 e. The van der Waals surface area contributed by atoms with Crippen molar-refractivity contribution in [1.29, 1.82) is 0 Å². The van der Waals surface area contributed by atoms with Crippen molar-refractivity contribution in [3.05, 3.63) is 35.5 Å². The molecule has 1 aliphatic carbocycles. The molecule has 0 fully saturated rings. The zero-order valence-electron chi connectivity index (χ0n) is 9.58. The summed E-state index contributed by atoms with van der Waals surface area (Å²) in [4.78, 5) is 15.5. The lowest BCUT2D eigenvalue weighted by molar-refractivity contribution is -0.113. The van der Waals surface area contributed by atoms with E-state index in [4.69, 9.17) is 0 Å². The van der Waals surface area contributed by atoms with Crippen molar-refractivity contribution in [2.75, 3.05) is 7.05 Å². The summed E-state index contributed by atoms with van der Waals surface area (Å²) in [5.41, 5.74) is 2.86. The van der Waals surface area contributed by atoms with Gasteiger partial charge in [0.15, 0.2) is 5.78 Å². The zero-order valence-corrected chi connectivity index (χ0v) is 9.58. The third-order valence-corrected chi connectivity index (χ3v) is 2.36. The van der Waals surface area contributed by atoms with Crippen LogP contribution in [0.15, 0.2) is 40.4 Å². The molecule has 0 aromatic rings. The number of carbonyl (C=O) groups is 1. The number of allylic oxidation sites excluding steroid dienone is 6. The molecule has 0 saturated carbocycles. The van der Waals surface area contributed by atoms with Gasteiger partial charge in [0.05, 0.1) is 5.71 Å². The van der Waals surface area contributed by atoms with Crippen molar-refractivity contribution >= 4 is 11.5 Å². The SMILES string of the molecule is CC/C=C1/C=C(C(C)=O)CC=CC1=NC. The first-order valence-corrected chi connectivity index (χ1v) is 5.24. The summed E-state index contributed by atoms with van der Waals surface area (Å²) in [6.07, 6.45) is 9.67. The van der Waals surface area contributed by atoms with Crippen molar-refractivity contribution in [3.63, 3.8) is 0 Å². The Bertz CT molecular complexity index is 370. The normalized spacial score (nSPS) is 21.7. The lowest BCUT2D eigenvalue weighted by Crippen LogP contribution is -1.98. The first-order chi connectivity index (χ1) is 7.19. The number of hydrogen-bond donors (Lipinski definition) is 0. The second kappa shape index (κ2) is 5.44. The Labute approximate surface area is 91.1 Å². The summed E-state index contributed by atoms with van der Waals surface area (Å²) in [5, 5.41) is 0. The molecule has 0 atom stereocenters. The van der Waals surface area contributed by atoms with Crippen LogP contribution in [-0.4, -0.2) is 18.5 Å². The molecule has 1 rings (SSSR count). The van der Waals surface area contributed by atoms with Crippen LogP contribution < -0.4 is 0 Å². The van der Waals surface area contributed by atoms with Gasteiger partial charge in [-0.1, -0.05) is 19.1 Å². The molecule has 0 spiro atoms. The molecule has 1 aliphatic rings. The van der Waals surface area contributed by atoms with Gasteiger partial charge in [-0.15, -0.1) is 0 Å². The largest absolute Gasteiger partial charge is 0.295 e. The standard InChI is InChI=1S/C13H17NO/c1-4-6-12-9-11(10(2)15)7-5-8-13(12)14-3/h5-6,8-9H,4,7H2,1-3H3/b12-6-,14-13?. The Morgan fingerprint density at radius 3 is 2.87 bits per heavy atom. The third kappa shape index (κ3) is 3.01. The number of hydrogen-bond acceptors (Lipinski definition) is 2. The maximum Gasteiger partial charge on any atom is 0.156 e. The highest BCUT2D eigenvalue weighted by Crippen LogP contribution is 2.16. The van der Waals surface area contributed by atoms with Gasteiger partial charge in [0, 0.05) is 7.05 Å². The summed E-state index contributed by atoms with van der Waals surface area (Å²) in [6.45, 7) is 3.69. The number of rotatable bonds is 2. The van der Waals surface area contributed by atoms with Gasteiger partial charge >= 0.3 is 0 Å². The number of carbonyl (C=O) groups excluding carboxylic acids is 1. The molecular weight excluding hydrogens is 186 g/mol. The molecule has 0 N–H and O–H groups in total. The van der Waals surface area contributed by atoms with Crippen LogP contribution in [0, 0.1) is 0 Å². The average Bonchev–Trinajstić information content (AvgIpc) is 2.40. The predicted molar refractivity (Wildman–Crippen MR) is 64.3 cm³/mol. The molecule has 0 bridgehead atoms. The molecule has 0 radical (unpaired) electrons. The van der Waals surface area contributed by atoms with Gasteiger partial charge in [0.1, 0.15) is 0 Å². The topological polar surface area (TPSA) is 29.4 Å². The van der Waals surface area contributed by atoms with Crippen LogP contribution in [0.25, 0.3) is 0 Å². The Morgan fingerprint density at radius 1 is 1.60 bits per heavy atom. The van der Waals surface area contributed by atoms with E-state index in [-0.39, 0.29) is 5.78 Å². The van der Waals surface area contributed by atoms with Gasteiger partial charge in [-0.3, -0.25) is 9.79 Å². The number of aliphatic imine (C=N–C) groups is 1. The maximum atomic E-state index is 11.3. The summed E-state index contributed by atoms with van der Waals surface area (Å²) >= 11 is 0. The fourth-order valence-corrected chi connectivity index (χ4v) is 1.55. The summed E-state index contributed by atoms with van der Waals surface area (Å²) < 4.78 is 0. The van der Waals surface area contributed by atoms with Gasteiger partial charge < -0.3 is 0 Å². The molecular formula is C13H17NO. The van der Waals surface area contributed by atoms with Crippen molar-refractivity contribution in [2.24, 2.45) is 4.99 Å². The summed E-state index contributed by atoms with van der Waals surface area (Å²) in [6, 6.07) is 0. The number of nitrogens with zero attached hydrogens (tertiary/aromatic N) is 1. The Kier molecular flexibility index (Phi) is 4.22. The molecule has 15 heavy (non-hydrogen) atoms. The quantitative estimate of drug-likeness (QED) is 0.678. The maximum absolute atomic E-state index is 11.3. The Morgan fingerprint density at radius 2 is 2.33 bits per heavy atom. The van der Waals surface area contributed by atoms with Crippen molar-refractivity contribution in [2.45, 2.75) is 26.7 Å². The highest BCUT2D eigenvalue weighted by molar-refractivity contribution is 6.12. The average molecular weight is 203 g/mol. The molecule has 0 heterocycles. The van der Waals surface area contributed by atoms with Crippen LogP contribution >= 0.6 is 0 Å². The molecule has 0 saturated heterocycles. The van der Waals surface area contributed by atoms with E-state index >= 15 is 0 Å². The zero-order chi connectivity index (χ0) is 11.3. The Balaban J connectivity index is 3.15. The predicted octanol–water partition coefficient (Wildman–Crippen LogP) is 2.87. The third-order valence-electron chi connectivity index (χ3n) is 2.36. The molecule has 0 aromatic heterocycles. The fraction of sp³-hybridized carbons (Fsp3) is 0.385. The van der Waals surface area contributed by atoms with Crippen molar-refractivity contribution in [1.82, 2.24) is 0 Å². The highest BCUT2D eigenvalue weighted by Gasteiger charge is 2.09. The number of ketones is 1. The summed E-state index contributed by atoms with van der Waals surface area (Å²) in [5.74, 6) is 0.138. The molecule has 80 valence electrons. The van der Waals surface area contributed by atoms with E-state index in [9.17, 15) is 4.79 Å². The first-order valence-electron chi connectivity index (χ1n) is 5.24.